The van der Waals surface area contributed by atoms with Crippen LogP contribution in [-0.2, 0) is 4.79 Å². The molecule has 1 aromatic heterocycles. The maximum Gasteiger partial charge on any atom is 0.251 e. The van der Waals surface area contributed by atoms with Crippen LogP contribution in [0, 0.1) is 0 Å². The maximum atomic E-state index is 12.2. The lowest BCUT2D eigenvalue weighted by Gasteiger charge is -2.08. The molecule has 0 fully saturated rings. The molecule has 0 aliphatic rings. The zero-order valence-electron chi connectivity index (χ0n) is 14.6. The maximum absolute atomic E-state index is 12.2. The average Bonchev–Trinajstić information content (AvgIpc) is 2.70. The summed E-state index contributed by atoms with van der Waals surface area (Å²) in [4.78, 5) is 27.9. The van der Waals surface area contributed by atoms with Gasteiger partial charge in [-0.25, -0.2) is 0 Å². The van der Waals surface area contributed by atoms with E-state index in [1.54, 1.807) is 48.8 Å². The molecule has 2 N–H and O–H groups in total. The number of hydrogen-bond donors (Lipinski definition) is 2. The van der Waals surface area contributed by atoms with E-state index in [-0.39, 0.29) is 24.8 Å². The van der Waals surface area contributed by atoms with Crippen molar-refractivity contribution in [3.63, 3.8) is 0 Å². The van der Waals surface area contributed by atoms with Crippen LogP contribution in [0.5, 0.6) is 11.5 Å². The second-order valence-electron chi connectivity index (χ2n) is 5.74. The zero-order valence-corrected chi connectivity index (χ0v) is 14.6. The highest BCUT2D eigenvalue weighted by atomic mass is 16.5. The van der Waals surface area contributed by atoms with Gasteiger partial charge in [-0.2, -0.15) is 0 Å². The third kappa shape index (κ3) is 5.67. The van der Waals surface area contributed by atoms with Crippen LogP contribution in [0.15, 0.2) is 79.1 Å². The molecule has 0 atom stereocenters. The lowest BCUT2D eigenvalue weighted by molar-refractivity contribution is -0.116. The monoisotopic (exact) mass is 361 g/mol. The first-order chi connectivity index (χ1) is 13.2. The first-order valence-corrected chi connectivity index (χ1v) is 8.52. The summed E-state index contributed by atoms with van der Waals surface area (Å²) in [6.45, 7) is 0.243. The van der Waals surface area contributed by atoms with E-state index in [2.05, 4.69) is 15.6 Å². The fourth-order valence-electron chi connectivity index (χ4n) is 2.35. The smallest absolute Gasteiger partial charge is 0.251 e. The number of carbonyl (C=O) groups is 2. The minimum absolute atomic E-state index is 0.176. The van der Waals surface area contributed by atoms with E-state index in [9.17, 15) is 9.59 Å². The molecule has 0 aliphatic carbocycles. The molecule has 1 heterocycles. The predicted molar refractivity (Wildman–Crippen MR) is 103 cm³/mol. The van der Waals surface area contributed by atoms with Crippen LogP contribution in [0.4, 0.5) is 5.69 Å². The molecular formula is C21H19N3O3. The van der Waals surface area contributed by atoms with Gasteiger partial charge in [-0.05, 0) is 48.5 Å². The number of carbonyl (C=O) groups excluding carboxylic acids is 2. The summed E-state index contributed by atoms with van der Waals surface area (Å²) in [6.07, 6.45) is 3.37. The van der Waals surface area contributed by atoms with Gasteiger partial charge >= 0.3 is 0 Å². The van der Waals surface area contributed by atoms with Gasteiger partial charge in [0, 0.05) is 24.7 Å². The Bertz CT molecular complexity index is 882. The standard InChI is InChI=1S/C21H19N3O3/c25-20(24-17-5-4-13-22-15-17)12-14-23-21(26)16-8-10-19(11-9-16)27-18-6-2-1-3-7-18/h1-11,13,15H,12,14H2,(H,23,26)(H,24,25). The van der Waals surface area contributed by atoms with Crippen molar-refractivity contribution in [1.29, 1.82) is 0 Å². The number of pyridine rings is 1. The predicted octanol–water partition coefficient (Wildman–Crippen LogP) is 3.63. The van der Waals surface area contributed by atoms with Gasteiger partial charge in [0.05, 0.1) is 11.9 Å². The Labute approximate surface area is 157 Å². The van der Waals surface area contributed by atoms with Gasteiger partial charge in [-0.1, -0.05) is 18.2 Å². The number of rotatable bonds is 7. The van der Waals surface area contributed by atoms with Crippen molar-refractivity contribution >= 4 is 17.5 Å². The van der Waals surface area contributed by atoms with E-state index in [1.807, 2.05) is 30.3 Å². The first-order valence-electron chi connectivity index (χ1n) is 8.52. The largest absolute Gasteiger partial charge is 0.457 e. The lowest BCUT2D eigenvalue weighted by atomic mass is 10.2. The molecule has 0 unspecified atom stereocenters. The molecular weight excluding hydrogens is 342 g/mol. The molecule has 27 heavy (non-hydrogen) atoms. The Morgan fingerprint density at radius 2 is 1.63 bits per heavy atom. The molecule has 2 amide bonds. The summed E-state index contributed by atoms with van der Waals surface area (Å²) >= 11 is 0. The summed E-state index contributed by atoms with van der Waals surface area (Å²) in [5.41, 5.74) is 1.13. The fourth-order valence-corrected chi connectivity index (χ4v) is 2.35. The van der Waals surface area contributed by atoms with Gasteiger partial charge in [0.2, 0.25) is 5.91 Å². The summed E-state index contributed by atoms with van der Waals surface area (Å²) in [6, 6.07) is 19.7. The van der Waals surface area contributed by atoms with Crippen molar-refractivity contribution in [2.75, 3.05) is 11.9 Å². The number of nitrogens with zero attached hydrogens (tertiary/aromatic N) is 1. The number of amides is 2. The summed E-state index contributed by atoms with van der Waals surface area (Å²) in [5, 5.41) is 5.45. The highest BCUT2D eigenvalue weighted by Crippen LogP contribution is 2.21. The van der Waals surface area contributed by atoms with E-state index in [4.69, 9.17) is 4.74 Å². The highest BCUT2D eigenvalue weighted by molar-refractivity contribution is 5.95. The Morgan fingerprint density at radius 1 is 0.889 bits per heavy atom. The Kier molecular flexibility index (Phi) is 6.14. The number of nitrogens with one attached hydrogen (secondary N) is 2. The average molecular weight is 361 g/mol. The van der Waals surface area contributed by atoms with Crippen LogP contribution in [0.25, 0.3) is 0 Å². The van der Waals surface area contributed by atoms with E-state index >= 15 is 0 Å². The topological polar surface area (TPSA) is 80.3 Å². The Balaban J connectivity index is 1.44. The second-order valence-corrected chi connectivity index (χ2v) is 5.74. The molecule has 136 valence electrons. The number of aromatic nitrogens is 1. The Morgan fingerprint density at radius 3 is 2.33 bits per heavy atom. The summed E-state index contributed by atoms with van der Waals surface area (Å²) in [7, 11) is 0. The van der Waals surface area contributed by atoms with E-state index in [1.165, 1.54) is 0 Å². The molecule has 3 aromatic rings. The quantitative estimate of drug-likeness (QED) is 0.673. The van der Waals surface area contributed by atoms with Crippen molar-refractivity contribution in [2.45, 2.75) is 6.42 Å². The fraction of sp³-hybridized carbons (Fsp3) is 0.0952. The second kappa shape index (κ2) is 9.15. The molecule has 2 aromatic carbocycles. The van der Waals surface area contributed by atoms with Gasteiger partial charge in [0.15, 0.2) is 0 Å². The van der Waals surface area contributed by atoms with Gasteiger partial charge in [-0.3, -0.25) is 14.6 Å². The minimum atomic E-state index is -0.240. The van der Waals surface area contributed by atoms with Crippen molar-refractivity contribution < 1.29 is 14.3 Å². The van der Waals surface area contributed by atoms with E-state index < -0.39 is 0 Å². The van der Waals surface area contributed by atoms with Gasteiger partial charge in [-0.15, -0.1) is 0 Å². The van der Waals surface area contributed by atoms with Crippen molar-refractivity contribution in [3.8, 4) is 11.5 Å². The minimum Gasteiger partial charge on any atom is -0.457 e. The summed E-state index contributed by atoms with van der Waals surface area (Å²) < 4.78 is 5.69. The van der Waals surface area contributed by atoms with Gasteiger partial charge < -0.3 is 15.4 Å². The van der Waals surface area contributed by atoms with Crippen LogP contribution in [-0.4, -0.2) is 23.3 Å². The number of ether oxygens (including phenoxy) is 1. The third-order valence-corrected chi connectivity index (χ3v) is 3.68. The van der Waals surface area contributed by atoms with Crippen LogP contribution >= 0.6 is 0 Å². The van der Waals surface area contributed by atoms with Gasteiger partial charge in [0.1, 0.15) is 11.5 Å². The number of para-hydroxylation sites is 1. The van der Waals surface area contributed by atoms with E-state index in [0.717, 1.165) is 5.75 Å². The molecule has 0 saturated heterocycles. The van der Waals surface area contributed by atoms with Crippen LogP contribution in [0.3, 0.4) is 0 Å². The molecule has 0 aliphatic heterocycles. The Hall–Kier alpha value is -3.67. The molecule has 0 spiro atoms. The molecule has 6 nitrogen and oxygen atoms in total. The molecule has 6 heteroatoms. The molecule has 0 bridgehead atoms. The van der Waals surface area contributed by atoms with Crippen molar-refractivity contribution in [1.82, 2.24) is 10.3 Å². The first kappa shape index (κ1) is 18.1. The van der Waals surface area contributed by atoms with Crippen molar-refractivity contribution in [3.05, 3.63) is 84.7 Å². The number of hydrogen-bond acceptors (Lipinski definition) is 4. The molecule has 0 saturated carbocycles. The highest BCUT2D eigenvalue weighted by Gasteiger charge is 2.07. The number of anilines is 1. The lowest BCUT2D eigenvalue weighted by Crippen LogP contribution is -2.27. The zero-order chi connectivity index (χ0) is 18.9. The van der Waals surface area contributed by atoms with Crippen LogP contribution < -0.4 is 15.4 Å². The summed E-state index contributed by atoms with van der Waals surface area (Å²) in [5.74, 6) is 0.952. The normalized spacial score (nSPS) is 10.1. The van der Waals surface area contributed by atoms with Crippen LogP contribution in [0.2, 0.25) is 0 Å². The third-order valence-electron chi connectivity index (χ3n) is 3.68. The van der Waals surface area contributed by atoms with E-state index in [0.29, 0.717) is 17.0 Å². The van der Waals surface area contributed by atoms with Crippen LogP contribution in [0.1, 0.15) is 16.8 Å². The molecule has 0 radical (unpaired) electrons. The SMILES string of the molecule is O=C(CCNC(=O)c1ccc(Oc2ccccc2)cc1)Nc1cccnc1. The van der Waals surface area contributed by atoms with Gasteiger partial charge in [0.25, 0.3) is 5.91 Å². The molecule has 3 rings (SSSR count). The van der Waals surface area contributed by atoms with Crippen molar-refractivity contribution in [2.24, 2.45) is 0 Å². The number of benzene rings is 2.